The highest BCUT2D eigenvalue weighted by Gasteiger charge is 2.12. The molecule has 0 aliphatic rings. The monoisotopic (exact) mass is 259 g/mol. The summed E-state index contributed by atoms with van der Waals surface area (Å²) in [6, 6.07) is 9.11. The van der Waals surface area contributed by atoms with Crippen LogP contribution in [0.3, 0.4) is 0 Å². The predicted octanol–water partition coefficient (Wildman–Crippen LogP) is 3.40. The van der Waals surface area contributed by atoms with Crippen molar-refractivity contribution in [1.29, 1.82) is 0 Å². The Kier molecular flexibility index (Phi) is 3.51. The fourth-order valence-corrected chi connectivity index (χ4v) is 1.78. The molecule has 19 heavy (non-hydrogen) atoms. The molecule has 2 aromatic carbocycles. The smallest absolute Gasteiger partial charge is 0.256 e. The first-order chi connectivity index (χ1) is 8.97. The van der Waals surface area contributed by atoms with E-state index < -0.39 is 5.82 Å². The lowest BCUT2D eigenvalue weighted by molar-refractivity contribution is 0.102. The highest BCUT2D eigenvalue weighted by atomic mass is 19.1. The summed E-state index contributed by atoms with van der Waals surface area (Å²) in [5.74, 6) is -1.22. The van der Waals surface area contributed by atoms with Crippen LogP contribution in [0.15, 0.2) is 36.4 Å². The molecule has 0 radical (unpaired) electrons. The van der Waals surface area contributed by atoms with Crippen molar-refractivity contribution >= 4 is 11.6 Å². The van der Waals surface area contributed by atoms with Crippen molar-refractivity contribution in [3.05, 3.63) is 58.9 Å². The SMILES string of the molecule is Cc1ccc(C)c(C(=O)Nc2ccc(O)cc2F)c1. The summed E-state index contributed by atoms with van der Waals surface area (Å²) in [5.41, 5.74) is 2.33. The van der Waals surface area contributed by atoms with Crippen LogP contribution in [0.2, 0.25) is 0 Å². The normalized spacial score (nSPS) is 10.3. The van der Waals surface area contributed by atoms with Gasteiger partial charge in [-0.25, -0.2) is 4.39 Å². The van der Waals surface area contributed by atoms with Crippen molar-refractivity contribution in [2.75, 3.05) is 5.32 Å². The average Bonchev–Trinajstić information content (AvgIpc) is 2.35. The summed E-state index contributed by atoms with van der Waals surface area (Å²) in [6.07, 6.45) is 0. The van der Waals surface area contributed by atoms with Gasteiger partial charge in [-0.05, 0) is 37.6 Å². The lowest BCUT2D eigenvalue weighted by Crippen LogP contribution is -2.14. The Labute approximate surface area is 110 Å². The van der Waals surface area contributed by atoms with Crippen molar-refractivity contribution in [2.45, 2.75) is 13.8 Å². The number of hydrogen-bond donors (Lipinski definition) is 2. The van der Waals surface area contributed by atoms with E-state index in [9.17, 15) is 9.18 Å². The van der Waals surface area contributed by atoms with Crippen LogP contribution in [0.4, 0.5) is 10.1 Å². The zero-order chi connectivity index (χ0) is 14.0. The van der Waals surface area contributed by atoms with Crippen LogP contribution in [0, 0.1) is 19.7 Å². The first-order valence-electron chi connectivity index (χ1n) is 5.84. The maximum Gasteiger partial charge on any atom is 0.256 e. The molecule has 0 heterocycles. The molecule has 2 N–H and O–H groups in total. The Morgan fingerprint density at radius 2 is 1.89 bits per heavy atom. The summed E-state index contributed by atoms with van der Waals surface area (Å²) in [7, 11) is 0. The maximum absolute atomic E-state index is 13.5. The van der Waals surface area contributed by atoms with Gasteiger partial charge in [0.05, 0.1) is 5.69 Å². The standard InChI is InChI=1S/C15H14FNO2/c1-9-3-4-10(2)12(7-9)15(19)17-14-6-5-11(18)8-13(14)16/h3-8,18H,1-2H3,(H,17,19). The zero-order valence-electron chi connectivity index (χ0n) is 10.7. The summed E-state index contributed by atoms with van der Waals surface area (Å²) in [5, 5.41) is 11.6. The molecule has 0 spiro atoms. The molecule has 2 aromatic rings. The highest BCUT2D eigenvalue weighted by molar-refractivity contribution is 6.05. The van der Waals surface area contributed by atoms with Gasteiger partial charge >= 0.3 is 0 Å². The number of aromatic hydroxyl groups is 1. The molecule has 0 aliphatic carbocycles. The third kappa shape index (κ3) is 2.91. The van der Waals surface area contributed by atoms with Crippen molar-refractivity contribution < 1.29 is 14.3 Å². The fraction of sp³-hybridized carbons (Fsp3) is 0.133. The Balaban J connectivity index is 2.28. The molecule has 0 saturated carbocycles. The molecule has 98 valence electrons. The van der Waals surface area contributed by atoms with Crippen molar-refractivity contribution in [2.24, 2.45) is 0 Å². The van der Waals surface area contributed by atoms with Crippen molar-refractivity contribution in [1.82, 2.24) is 0 Å². The van der Waals surface area contributed by atoms with E-state index in [1.165, 1.54) is 12.1 Å². The van der Waals surface area contributed by atoms with Crippen molar-refractivity contribution in [3.8, 4) is 5.75 Å². The second-order valence-electron chi connectivity index (χ2n) is 4.44. The molecule has 0 aliphatic heterocycles. The van der Waals surface area contributed by atoms with E-state index in [1.54, 1.807) is 6.07 Å². The number of rotatable bonds is 2. The highest BCUT2D eigenvalue weighted by Crippen LogP contribution is 2.21. The van der Waals surface area contributed by atoms with Crippen molar-refractivity contribution in [3.63, 3.8) is 0 Å². The third-order valence-corrected chi connectivity index (χ3v) is 2.84. The Morgan fingerprint density at radius 3 is 2.58 bits per heavy atom. The number of anilines is 1. The molecule has 4 heteroatoms. The van der Waals surface area contributed by atoms with E-state index in [0.29, 0.717) is 5.56 Å². The third-order valence-electron chi connectivity index (χ3n) is 2.84. The number of phenols is 1. The number of phenolic OH excluding ortho intramolecular Hbond substituents is 1. The van der Waals surface area contributed by atoms with E-state index in [4.69, 9.17) is 5.11 Å². The number of carbonyl (C=O) groups is 1. The predicted molar refractivity (Wildman–Crippen MR) is 71.9 cm³/mol. The topological polar surface area (TPSA) is 49.3 Å². The van der Waals surface area contributed by atoms with Crippen LogP contribution in [0.25, 0.3) is 0 Å². The van der Waals surface area contributed by atoms with Gasteiger partial charge in [-0.2, -0.15) is 0 Å². The average molecular weight is 259 g/mol. The van der Waals surface area contributed by atoms with Gasteiger partial charge in [-0.15, -0.1) is 0 Å². The lowest BCUT2D eigenvalue weighted by atomic mass is 10.0. The first-order valence-corrected chi connectivity index (χ1v) is 5.84. The molecule has 1 amide bonds. The second kappa shape index (κ2) is 5.10. The number of nitrogens with one attached hydrogen (secondary N) is 1. The maximum atomic E-state index is 13.5. The van der Waals surface area contributed by atoms with Gasteiger partial charge in [0, 0.05) is 11.6 Å². The van der Waals surface area contributed by atoms with E-state index >= 15 is 0 Å². The molecule has 0 unspecified atom stereocenters. The largest absolute Gasteiger partial charge is 0.508 e. The van der Waals surface area contributed by atoms with Gasteiger partial charge in [0.1, 0.15) is 11.6 Å². The van der Waals surface area contributed by atoms with Gasteiger partial charge in [0.2, 0.25) is 0 Å². The Morgan fingerprint density at radius 1 is 1.16 bits per heavy atom. The summed E-state index contributed by atoms with van der Waals surface area (Å²) in [4.78, 5) is 12.1. The minimum Gasteiger partial charge on any atom is -0.508 e. The van der Waals surface area contributed by atoms with Crippen LogP contribution in [-0.2, 0) is 0 Å². The zero-order valence-corrected chi connectivity index (χ0v) is 10.7. The summed E-state index contributed by atoms with van der Waals surface area (Å²) < 4.78 is 13.5. The number of amides is 1. The van der Waals surface area contributed by atoms with Crippen LogP contribution in [-0.4, -0.2) is 11.0 Å². The minimum atomic E-state index is -0.668. The Bertz CT molecular complexity index is 638. The van der Waals surface area contributed by atoms with E-state index in [2.05, 4.69) is 5.32 Å². The van der Waals surface area contributed by atoms with E-state index in [0.717, 1.165) is 17.2 Å². The van der Waals surface area contributed by atoms with Crippen LogP contribution >= 0.6 is 0 Å². The minimum absolute atomic E-state index is 0.0451. The van der Waals surface area contributed by atoms with Gasteiger partial charge in [0.15, 0.2) is 0 Å². The summed E-state index contributed by atoms with van der Waals surface area (Å²) >= 11 is 0. The number of hydrogen-bond acceptors (Lipinski definition) is 2. The van der Waals surface area contributed by atoms with E-state index in [-0.39, 0.29) is 17.3 Å². The second-order valence-corrected chi connectivity index (χ2v) is 4.44. The molecule has 0 atom stereocenters. The van der Waals surface area contributed by atoms with Crippen LogP contribution < -0.4 is 5.32 Å². The number of benzene rings is 2. The molecular formula is C15H14FNO2. The molecule has 0 bridgehead atoms. The molecular weight excluding hydrogens is 245 g/mol. The number of halogens is 1. The molecule has 0 fully saturated rings. The first kappa shape index (κ1) is 13.1. The van der Waals surface area contributed by atoms with Gasteiger partial charge in [-0.3, -0.25) is 4.79 Å². The van der Waals surface area contributed by atoms with Crippen LogP contribution in [0.1, 0.15) is 21.5 Å². The molecule has 0 aromatic heterocycles. The fourth-order valence-electron chi connectivity index (χ4n) is 1.78. The molecule has 3 nitrogen and oxygen atoms in total. The van der Waals surface area contributed by atoms with Crippen LogP contribution in [0.5, 0.6) is 5.75 Å². The van der Waals surface area contributed by atoms with E-state index in [1.807, 2.05) is 26.0 Å². The number of carbonyl (C=O) groups excluding carboxylic acids is 1. The molecule has 2 rings (SSSR count). The van der Waals surface area contributed by atoms with Gasteiger partial charge < -0.3 is 10.4 Å². The lowest BCUT2D eigenvalue weighted by Gasteiger charge is -2.09. The van der Waals surface area contributed by atoms with Gasteiger partial charge in [-0.1, -0.05) is 17.7 Å². The molecule has 0 saturated heterocycles. The number of aryl methyl sites for hydroxylation is 2. The Hall–Kier alpha value is -2.36. The summed E-state index contributed by atoms with van der Waals surface area (Å²) in [6.45, 7) is 3.71. The quantitative estimate of drug-likeness (QED) is 0.812. The van der Waals surface area contributed by atoms with Gasteiger partial charge in [0.25, 0.3) is 5.91 Å².